The number of para-hydroxylation sites is 1. The second-order valence-corrected chi connectivity index (χ2v) is 6.05. The number of rotatable bonds is 3. The zero-order valence-corrected chi connectivity index (χ0v) is 13.4. The van der Waals surface area contributed by atoms with Crippen molar-refractivity contribution in [2.24, 2.45) is 7.05 Å². The fourth-order valence-corrected chi connectivity index (χ4v) is 3.20. The van der Waals surface area contributed by atoms with E-state index >= 15 is 0 Å². The highest BCUT2D eigenvalue weighted by molar-refractivity contribution is 9.10. The highest BCUT2D eigenvalue weighted by Gasteiger charge is 2.26. The minimum absolute atomic E-state index is 0.0611. The van der Waals surface area contributed by atoms with E-state index in [-0.39, 0.29) is 11.9 Å². The van der Waals surface area contributed by atoms with Gasteiger partial charge >= 0.3 is 0 Å². The fraction of sp³-hybridized carbons (Fsp3) is 0.333. The highest BCUT2D eigenvalue weighted by atomic mass is 79.9. The number of carbonyl (C=O) groups excluding carboxylic acids is 1. The smallest absolute Gasteiger partial charge is 0.269 e. The monoisotopic (exact) mass is 348 g/mol. The Hall–Kier alpha value is -1.82. The maximum Gasteiger partial charge on any atom is 0.269 e. The summed E-state index contributed by atoms with van der Waals surface area (Å²) in [4.78, 5) is 14.5. The molecule has 1 N–H and O–H groups in total. The van der Waals surface area contributed by atoms with Gasteiger partial charge in [0.25, 0.3) is 5.91 Å². The molecule has 5 nitrogen and oxygen atoms in total. The lowest BCUT2D eigenvalue weighted by molar-refractivity contribution is 0.0931. The van der Waals surface area contributed by atoms with E-state index in [1.807, 2.05) is 18.2 Å². The quantitative estimate of drug-likeness (QED) is 0.924. The molecule has 1 saturated heterocycles. The van der Waals surface area contributed by atoms with Crippen LogP contribution in [0.5, 0.6) is 0 Å². The standard InChI is InChI=1S/C15H17BrN4O/c1-19-14(6-8-17-19)15(21)18-11-7-9-20(10-11)13-5-3-2-4-12(13)16/h2-6,8,11H,7,9-10H2,1H3,(H,18,21)/t11-/m0/s1. The molecule has 1 aromatic carbocycles. The van der Waals surface area contributed by atoms with Crippen LogP contribution in [0, 0.1) is 0 Å². The maximum atomic E-state index is 12.2. The van der Waals surface area contributed by atoms with Crippen LogP contribution in [0.3, 0.4) is 0 Å². The average molecular weight is 349 g/mol. The van der Waals surface area contributed by atoms with E-state index in [1.165, 1.54) is 5.69 Å². The lowest BCUT2D eigenvalue weighted by atomic mass is 10.2. The second-order valence-electron chi connectivity index (χ2n) is 5.20. The molecule has 2 aromatic rings. The largest absolute Gasteiger partial charge is 0.368 e. The topological polar surface area (TPSA) is 50.2 Å². The van der Waals surface area contributed by atoms with E-state index in [1.54, 1.807) is 24.0 Å². The molecule has 1 aliphatic heterocycles. The number of aromatic nitrogens is 2. The summed E-state index contributed by atoms with van der Waals surface area (Å²) in [6, 6.07) is 10.1. The van der Waals surface area contributed by atoms with Gasteiger partial charge in [-0.1, -0.05) is 12.1 Å². The number of carbonyl (C=O) groups is 1. The lowest BCUT2D eigenvalue weighted by Gasteiger charge is -2.20. The van der Waals surface area contributed by atoms with Crippen LogP contribution in [0.2, 0.25) is 0 Å². The van der Waals surface area contributed by atoms with Crippen LogP contribution in [-0.4, -0.2) is 34.8 Å². The number of hydrogen-bond acceptors (Lipinski definition) is 3. The molecule has 6 heteroatoms. The number of amides is 1. The summed E-state index contributed by atoms with van der Waals surface area (Å²) >= 11 is 3.58. The van der Waals surface area contributed by atoms with Crippen LogP contribution in [0.1, 0.15) is 16.9 Å². The summed E-state index contributed by atoms with van der Waals surface area (Å²) in [6.07, 6.45) is 2.59. The Morgan fingerprint density at radius 2 is 2.19 bits per heavy atom. The summed E-state index contributed by atoms with van der Waals surface area (Å²) in [7, 11) is 1.77. The van der Waals surface area contributed by atoms with Crippen molar-refractivity contribution < 1.29 is 4.79 Å². The molecule has 110 valence electrons. The summed E-state index contributed by atoms with van der Waals surface area (Å²) in [5.74, 6) is -0.0611. The molecule has 0 bridgehead atoms. The number of hydrogen-bond donors (Lipinski definition) is 1. The minimum Gasteiger partial charge on any atom is -0.368 e. The van der Waals surface area contributed by atoms with Gasteiger partial charge in [-0.3, -0.25) is 9.48 Å². The van der Waals surface area contributed by atoms with Crippen LogP contribution in [0.4, 0.5) is 5.69 Å². The molecule has 2 heterocycles. The Kier molecular flexibility index (Phi) is 3.96. The number of anilines is 1. The zero-order valence-electron chi connectivity index (χ0n) is 11.8. The van der Waals surface area contributed by atoms with Crippen LogP contribution in [-0.2, 0) is 7.05 Å². The Bertz CT molecular complexity index is 655. The summed E-state index contributed by atoms with van der Waals surface area (Å²) in [5, 5.41) is 7.11. The molecule has 0 unspecified atom stereocenters. The van der Waals surface area contributed by atoms with E-state index < -0.39 is 0 Å². The number of nitrogens with one attached hydrogen (secondary N) is 1. The van der Waals surface area contributed by atoms with Gasteiger partial charge in [0.15, 0.2) is 0 Å². The Labute approximate surface area is 132 Å². The van der Waals surface area contributed by atoms with Gasteiger partial charge in [-0.25, -0.2) is 0 Å². The predicted molar refractivity (Wildman–Crippen MR) is 85.4 cm³/mol. The van der Waals surface area contributed by atoms with Gasteiger partial charge in [0.1, 0.15) is 5.69 Å². The molecule has 0 saturated carbocycles. The van der Waals surface area contributed by atoms with Crippen LogP contribution >= 0.6 is 15.9 Å². The molecule has 0 spiro atoms. The molecule has 3 rings (SSSR count). The average Bonchev–Trinajstić information content (AvgIpc) is 3.08. The van der Waals surface area contributed by atoms with E-state index in [0.29, 0.717) is 5.69 Å². The third-order valence-electron chi connectivity index (χ3n) is 3.77. The third kappa shape index (κ3) is 2.95. The highest BCUT2D eigenvalue weighted by Crippen LogP contribution is 2.28. The molecular weight excluding hydrogens is 332 g/mol. The molecule has 0 radical (unpaired) electrons. The number of halogens is 1. The van der Waals surface area contributed by atoms with Crippen molar-refractivity contribution in [2.45, 2.75) is 12.5 Å². The van der Waals surface area contributed by atoms with Gasteiger partial charge in [0.2, 0.25) is 0 Å². The van der Waals surface area contributed by atoms with Crippen molar-refractivity contribution in [3.63, 3.8) is 0 Å². The first-order valence-corrected chi connectivity index (χ1v) is 7.73. The van der Waals surface area contributed by atoms with Gasteiger partial charge in [-0.05, 0) is 40.5 Å². The minimum atomic E-state index is -0.0611. The molecule has 1 amide bonds. The molecule has 0 aliphatic carbocycles. The van der Waals surface area contributed by atoms with Crippen molar-refractivity contribution in [2.75, 3.05) is 18.0 Å². The summed E-state index contributed by atoms with van der Waals surface area (Å²) in [5.41, 5.74) is 1.77. The van der Waals surface area contributed by atoms with Gasteiger partial charge < -0.3 is 10.2 Å². The summed E-state index contributed by atoms with van der Waals surface area (Å²) < 4.78 is 2.68. The third-order valence-corrected chi connectivity index (χ3v) is 4.44. The number of benzene rings is 1. The van der Waals surface area contributed by atoms with Crippen LogP contribution < -0.4 is 10.2 Å². The molecular formula is C15H17BrN4O. The van der Waals surface area contributed by atoms with Crippen molar-refractivity contribution in [1.82, 2.24) is 15.1 Å². The summed E-state index contributed by atoms with van der Waals surface area (Å²) in [6.45, 7) is 1.77. The van der Waals surface area contributed by atoms with Gasteiger partial charge in [0, 0.05) is 36.8 Å². The fourth-order valence-electron chi connectivity index (χ4n) is 2.66. The molecule has 1 fully saturated rings. The van der Waals surface area contributed by atoms with E-state index in [2.05, 4.69) is 37.3 Å². The van der Waals surface area contributed by atoms with Gasteiger partial charge in [-0.15, -0.1) is 0 Å². The van der Waals surface area contributed by atoms with Gasteiger partial charge in [-0.2, -0.15) is 5.10 Å². The maximum absolute atomic E-state index is 12.2. The van der Waals surface area contributed by atoms with E-state index in [4.69, 9.17) is 0 Å². The molecule has 1 atom stereocenters. The molecule has 21 heavy (non-hydrogen) atoms. The normalized spacial score (nSPS) is 18.0. The van der Waals surface area contributed by atoms with Crippen molar-refractivity contribution >= 4 is 27.5 Å². The second kappa shape index (κ2) is 5.89. The van der Waals surface area contributed by atoms with Crippen molar-refractivity contribution in [3.8, 4) is 0 Å². The Balaban J connectivity index is 1.64. The first kappa shape index (κ1) is 14.1. The van der Waals surface area contributed by atoms with Gasteiger partial charge in [0.05, 0.1) is 5.69 Å². The van der Waals surface area contributed by atoms with Crippen LogP contribution in [0.15, 0.2) is 41.0 Å². The molecule has 1 aliphatic rings. The SMILES string of the molecule is Cn1nccc1C(=O)N[C@H]1CCN(c2ccccc2Br)C1. The van der Waals surface area contributed by atoms with Crippen molar-refractivity contribution in [1.29, 1.82) is 0 Å². The predicted octanol–water partition coefficient (Wildman–Crippen LogP) is 2.19. The molecule has 1 aromatic heterocycles. The Morgan fingerprint density at radius 1 is 1.38 bits per heavy atom. The Morgan fingerprint density at radius 3 is 2.90 bits per heavy atom. The first-order chi connectivity index (χ1) is 10.1. The number of aryl methyl sites for hydroxylation is 1. The number of nitrogens with zero attached hydrogens (tertiary/aromatic N) is 3. The first-order valence-electron chi connectivity index (χ1n) is 6.93. The van der Waals surface area contributed by atoms with E-state index in [9.17, 15) is 4.79 Å². The zero-order chi connectivity index (χ0) is 14.8. The van der Waals surface area contributed by atoms with Crippen LogP contribution in [0.25, 0.3) is 0 Å². The van der Waals surface area contributed by atoms with E-state index in [0.717, 1.165) is 24.0 Å². The van der Waals surface area contributed by atoms with Crippen molar-refractivity contribution in [3.05, 3.63) is 46.7 Å². The lowest BCUT2D eigenvalue weighted by Crippen LogP contribution is -2.38.